The largest absolute Gasteiger partial charge is 0.644 e. The van der Waals surface area contributed by atoms with Gasteiger partial charge >= 0.3 is 13.7 Å². The minimum atomic E-state index is -4.90. The average molecular weight is 229 g/mol. The summed E-state index contributed by atoms with van der Waals surface area (Å²) in [7, 11) is -2.28. The Morgan fingerprint density at radius 1 is 1.33 bits per heavy atom. The highest BCUT2D eigenvalue weighted by atomic mass is 19.4. The lowest BCUT2D eigenvalue weighted by Crippen LogP contribution is -2.41. The lowest BCUT2D eigenvalue weighted by Gasteiger charge is -2.26. The number of ether oxygens (including phenoxy) is 1. The van der Waals surface area contributed by atoms with Crippen LogP contribution in [-0.4, -0.2) is 56.6 Å². The van der Waals surface area contributed by atoms with Gasteiger partial charge in [-0.25, -0.2) is 0 Å². The zero-order valence-electron chi connectivity index (χ0n) is 7.87. The zero-order valence-corrected chi connectivity index (χ0v) is 7.87. The second-order valence-electron chi connectivity index (χ2n) is 2.90. The van der Waals surface area contributed by atoms with Gasteiger partial charge in [-0.1, -0.05) is 0 Å². The maximum absolute atomic E-state index is 11.6. The Kier molecular flexibility index (Phi) is 4.80. The van der Waals surface area contributed by atoms with Crippen LogP contribution in [0, 0.1) is 0 Å². The van der Waals surface area contributed by atoms with Crippen molar-refractivity contribution in [3.05, 3.63) is 0 Å². The van der Waals surface area contributed by atoms with Crippen molar-refractivity contribution in [2.45, 2.75) is 6.36 Å². The standard InChI is InChI=1S/C6H11BF3NO4/c8-6(9,10)15-7(12)14-5-11-1-3-13-4-2-11/h12H,1-5H2. The number of morpholine rings is 1. The molecule has 0 aromatic carbocycles. The first-order valence-corrected chi connectivity index (χ1v) is 4.32. The van der Waals surface area contributed by atoms with Crippen LogP contribution >= 0.6 is 0 Å². The monoisotopic (exact) mass is 229 g/mol. The van der Waals surface area contributed by atoms with E-state index >= 15 is 0 Å². The summed E-state index contributed by atoms with van der Waals surface area (Å²) in [6.45, 7) is 1.98. The Labute approximate surface area is 84.9 Å². The number of hydrogen-bond acceptors (Lipinski definition) is 5. The van der Waals surface area contributed by atoms with Crippen LogP contribution in [0.2, 0.25) is 0 Å². The first kappa shape index (κ1) is 12.7. The van der Waals surface area contributed by atoms with Crippen molar-refractivity contribution in [1.29, 1.82) is 0 Å². The molecule has 0 radical (unpaired) electrons. The summed E-state index contributed by atoms with van der Waals surface area (Å²) in [4.78, 5) is 1.70. The highest BCUT2D eigenvalue weighted by Crippen LogP contribution is 2.16. The van der Waals surface area contributed by atoms with Crippen LogP contribution in [0.3, 0.4) is 0 Å². The number of hydrogen-bond donors (Lipinski definition) is 1. The van der Waals surface area contributed by atoms with Crippen molar-refractivity contribution in [3.8, 4) is 0 Å². The van der Waals surface area contributed by atoms with E-state index in [0.717, 1.165) is 0 Å². The summed E-state index contributed by atoms with van der Waals surface area (Å²) < 4.78 is 47.4. The van der Waals surface area contributed by atoms with Gasteiger partial charge in [0.1, 0.15) is 0 Å². The van der Waals surface area contributed by atoms with Crippen molar-refractivity contribution in [3.63, 3.8) is 0 Å². The molecule has 0 saturated carbocycles. The molecule has 0 unspecified atom stereocenters. The minimum Gasteiger partial charge on any atom is -0.401 e. The molecule has 0 amide bonds. The molecule has 1 aliphatic rings. The number of rotatable bonds is 4. The molecule has 0 spiro atoms. The van der Waals surface area contributed by atoms with Crippen LogP contribution in [-0.2, 0) is 14.0 Å². The van der Waals surface area contributed by atoms with Crippen LogP contribution < -0.4 is 0 Å². The van der Waals surface area contributed by atoms with Gasteiger partial charge in [-0.2, -0.15) is 0 Å². The zero-order chi connectivity index (χ0) is 11.3. The van der Waals surface area contributed by atoms with E-state index in [-0.39, 0.29) is 6.73 Å². The summed E-state index contributed by atoms with van der Waals surface area (Å²) in [6.07, 6.45) is -4.90. The molecule has 0 aromatic rings. The van der Waals surface area contributed by atoms with Gasteiger partial charge in [0.05, 0.1) is 19.9 Å². The van der Waals surface area contributed by atoms with Crippen LogP contribution in [0.1, 0.15) is 0 Å². The lowest BCUT2D eigenvalue weighted by molar-refractivity contribution is -0.291. The van der Waals surface area contributed by atoms with Gasteiger partial charge in [0.15, 0.2) is 0 Å². The Morgan fingerprint density at radius 3 is 2.47 bits per heavy atom. The molecule has 5 nitrogen and oxygen atoms in total. The highest BCUT2D eigenvalue weighted by molar-refractivity contribution is 6.34. The average Bonchev–Trinajstić information content (AvgIpc) is 2.14. The van der Waals surface area contributed by atoms with Crippen molar-refractivity contribution in [1.82, 2.24) is 4.90 Å². The van der Waals surface area contributed by atoms with Crippen molar-refractivity contribution in [2.24, 2.45) is 0 Å². The van der Waals surface area contributed by atoms with Crippen molar-refractivity contribution >= 4 is 7.32 Å². The Hall–Kier alpha value is -0.345. The quantitative estimate of drug-likeness (QED) is 0.677. The normalized spacial score (nSPS) is 19.2. The third kappa shape index (κ3) is 5.95. The van der Waals surface area contributed by atoms with E-state index in [1.165, 1.54) is 0 Å². The first-order chi connectivity index (χ1) is 6.97. The van der Waals surface area contributed by atoms with Gasteiger partial charge in [0.2, 0.25) is 0 Å². The van der Waals surface area contributed by atoms with Crippen LogP contribution in [0.5, 0.6) is 0 Å². The second-order valence-corrected chi connectivity index (χ2v) is 2.90. The van der Waals surface area contributed by atoms with Gasteiger partial charge in [-0.05, 0) is 0 Å². The Bertz CT molecular complexity index is 188. The topological polar surface area (TPSA) is 51.2 Å². The van der Waals surface area contributed by atoms with Gasteiger partial charge in [-0.3, -0.25) is 9.55 Å². The summed E-state index contributed by atoms with van der Waals surface area (Å²) in [5, 5.41) is 8.69. The molecule has 1 heterocycles. The minimum absolute atomic E-state index is 0.124. The fraction of sp³-hybridized carbons (Fsp3) is 1.00. The van der Waals surface area contributed by atoms with Crippen LogP contribution in [0.15, 0.2) is 0 Å². The highest BCUT2D eigenvalue weighted by Gasteiger charge is 2.37. The first-order valence-electron chi connectivity index (χ1n) is 4.32. The van der Waals surface area contributed by atoms with Gasteiger partial charge in [-0.15, -0.1) is 13.2 Å². The van der Waals surface area contributed by atoms with Crippen molar-refractivity contribution in [2.75, 3.05) is 33.0 Å². The fourth-order valence-corrected chi connectivity index (χ4v) is 1.05. The molecule has 9 heteroatoms. The van der Waals surface area contributed by atoms with Gasteiger partial charge in [0.25, 0.3) is 0 Å². The fourth-order valence-electron chi connectivity index (χ4n) is 1.05. The Balaban J connectivity index is 2.12. The maximum atomic E-state index is 11.6. The second kappa shape index (κ2) is 5.66. The van der Waals surface area contributed by atoms with Crippen LogP contribution in [0.4, 0.5) is 13.2 Å². The van der Waals surface area contributed by atoms with Crippen molar-refractivity contribution < 1.29 is 32.2 Å². The van der Waals surface area contributed by atoms with E-state index in [0.29, 0.717) is 26.3 Å². The molecular formula is C6H11BF3NO4. The molecule has 0 bridgehead atoms. The molecule has 0 aromatic heterocycles. The molecule has 15 heavy (non-hydrogen) atoms. The number of halogens is 3. The molecule has 1 N–H and O–H groups in total. The molecule has 1 fully saturated rings. The maximum Gasteiger partial charge on any atom is 0.644 e. The predicted molar refractivity (Wildman–Crippen MR) is 43.5 cm³/mol. The predicted octanol–water partition coefficient (Wildman–Crippen LogP) is -0.194. The van der Waals surface area contributed by atoms with E-state index in [1.54, 1.807) is 4.90 Å². The molecule has 0 aliphatic carbocycles. The van der Waals surface area contributed by atoms with E-state index in [4.69, 9.17) is 9.76 Å². The van der Waals surface area contributed by atoms with E-state index in [2.05, 4.69) is 9.31 Å². The Morgan fingerprint density at radius 2 is 1.93 bits per heavy atom. The lowest BCUT2D eigenvalue weighted by atomic mass is 10.2. The van der Waals surface area contributed by atoms with E-state index in [1.807, 2.05) is 0 Å². The van der Waals surface area contributed by atoms with Gasteiger partial charge in [0, 0.05) is 13.1 Å². The molecule has 1 rings (SSSR count). The molecular weight excluding hydrogens is 218 g/mol. The smallest absolute Gasteiger partial charge is 0.401 e. The molecule has 88 valence electrons. The molecule has 1 aliphatic heterocycles. The molecule has 1 saturated heterocycles. The molecule has 0 atom stereocenters. The number of nitrogens with zero attached hydrogens (tertiary/aromatic N) is 1. The summed E-state index contributed by atoms with van der Waals surface area (Å²) in [5.41, 5.74) is 0. The van der Waals surface area contributed by atoms with E-state index < -0.39 is 13.7 Å². The van der Waals surface area contributed by atoms with Gasteiger partial charge < -0.3 is 14.4 Å². The number of alkyl halides is 3. The SMILES string of the molecule is OB(OCN1CCOCC1)OC(F)(F)F. The third-order valence-corrected chi connectivity index (χ3v) is 1.74. The summed E-state index contributed by atoms with van der Waals surface area (Å²) in [6, 6.07) is 0. The summed E-state index contributed by atoms with van der Waals surface area (Å²) in [5.74, 6) is 0. The summed E-state index contributed by atoms with van der Waals surface area (Å²) >= 11 is 0. The third-order valence-electron chi connectivity index (χ3n) is 1.74. The van der Waals surface area contributed by atoms with Crippen LogP contribution in [0.25, 0.3) is 0 Å². The van der Waals surface area contributed by atoms with E-state index in [9.17, 15) is 13.2 Å².